The van der Waals surface area contributed by atoms with Gasteiger partial charge in [-0.05, 0) is 57.8 Å². The van der Waals surface area contributed by atoms with Gasteiger partial charge in [0.05, 0.1) is 4.58 Å². The Morgan fingerprint density at radius 2 is 1.26 bits per heavy atom. The van der Waals surface area contributed by atoms with Crippen molar-refractivity contribution in [1.29, 1.82) is 0 Å². The molecule has 1 atom stereocenters. The zero-order valence-corrected chi connectivity index (χ0v) is 23.7. The number of thioether (sulfide) groups is 2. The first kappa shape index (κ1) is 31.9. The predicted molar refractivity (Wildman–Crippen MR) is 153 cm³/mol. The molecule has 0 amide bonds. The molecule has 1 unspecified atom stereocenters. The summed E-state index contributed by atoms with van der Waals surface area (Å²) in [5.41, 5.74) is 0. The molecule has 0 saturated carbocycles. The number of allylic oxidation sites excluding steroid dienone is 6. The number of hydrogen-bond donors (Lipinski definition) is 0. The number of rotatable bonds is 21. The molecule has 200 valence electrons. The van der Waals surface area contributed by atoms with E-state index in [1.807, 2.05) is 30.4 Å². The van der Waals surface area contributed by atoms with E-state index in [4.69, 9.17) is 9.47 Å². The van der Waals surface area contributed by atoms with E-state index in [0.29, 0.717) is 23.8 Å². The molecule has 0 aromatic rings. The Bertz CT molecular complexity index is 624. The van der Waals surface area contributed by atoms with Crippen LogP contribution in [0.2, 0.25) is 0 Å². The maximum absolute atomic E-state index is 12.3. The summed E-state index contributed by atoms with van der Waals surface area (Å²) in [4.78, 5) is 24.4. The molecule has 0 aromatic carbocycles. The summed E-state index contributed by atoms with van der Waals surface area (Å²) in [5, 5.41) is 0. The zero-order chi connectivity index (χ0) is 25.4. The van der Waals surface area contributed by atoms with Crippen molar-refractivity contribution in [2.75, 3.05) is 11.5 Å². The summed E-state index contributed by atoms with van der Waals surface area (Å²) in [6, 6.07) is 0. The van der Waals surface area contributed by atoms with Crippen molar-refractivity contribution in [2.45, 2.75) is 121 Å². The first-order chi connectivity index (χ1) is 17.2. The van der Waals surface area contributed by atoms with Crippen LogP contribution in [0.25, 0.3) is 0 Å². The number of carbonyl (C=O) groups excluding carboxylic acids is 2. The van der Waals surface area contributed by atoms with Gasteiger partial charge in [0.25, 0.3) is 0 Å². The van der Waals surface area contributed by atoms with Gasteiger partial charge in [-0.15, -0.1) is 23.5 Å². The normalized spacial score (nSPS) is 15.5. The highest BCUT2D eigenvalue weighted by molar-refractivity contribution is 8.20. The molecule has 1 aliphatic rings. The Morgan fingerprint density at radius 1 is 0.743 bits per heavy atom. The van der Waals surface area contributed by atoms with Gasteiger partial charge in [0.1, 0.15) is 0 Å². The predicted octanol–water partition coefficient (Wildman–Crippen LogP) is 8.76. The van der Waals surface area contributed by atoms with E-state index in [2.05, 4.69) is 43.4 Å². The van der Waals surface area contributed by atoms with Gasteiger partial charge in [-0.25, -0.2) is 0 Å². The van der Waals surface area contributed by atoms with Gasteiger partial charge in [-0.3, -0.25) is 9.59 Å². The van der Waals surface area contributed by atoms with Crippen LogP contribution in [0, 0.1) is 0 Å². The van der Waals surface area contributed by atoms with Crippen molar-refractivity contribution in [1.82, 2.24) is 0 Å². The molecular formula is C29H48O4S2. The molecular weight excluding hydrogens is 476 g/mol. The van der Waals surface area contributed by atoms with E-state index in [1.165, 1.54) is 25.7 Å². The monoisotopic (exact) mass is 524 g/mol. The molecule has 6 heteroatoms. The van der Waals surface area contributed by atoms with Gasteiger partial charge in [0, 0.05) is 30.8 Å². The molecule has 1 aliphatic heterocycles. The minimum atomic E-state index is -0.744. The lowest BCUT2D eigenvalue weighted by Crippen LogP contribution is -2.25. The molecule has 1 heterocycles. The van der Waals surface area contributed by atoms with Crippen LogP contribution in [0.3, 0.4) is 0 Å². The molecule has 0 aliphatic carbocycles. The van der Waals surface area contributed by atoms with Crippen molar-refractivity contribution in [3.05, 3.63) is 36.5 Å². The van der Waals surface area contributed by atoms with Crippen molar-refractivity contribution in [3.63, 3.8) is 0 Å². The lowest BCUT2D eigenvalue weighted by molar-refractivity contribution is -0.189. The van der Waals surface area contributed by atoms with Crippen molar-refractivity contribution < 1.29 is 19.1 Å². The Kier molecular flexibility index (Phi) is 21.2. The van der Waals surface area contributed by atoms with E-state index >= 15 is 0 Å². The molecule has 4 nitrogen and oxygen atoms in total. The van der Waals surface area contributed by atoms with Crippen molar-refractivity contribution in [2.24, 2.45) is 0 Å². The summed E-state index contributed by atoms with van der Waals surface area (Å²) in [5.74, 6) is 1.80. The van der Waals surface area contributed by atoms with Gasteiger partial charge in [0.2, 0.25) is 6.29 Å². The van der Waals surface area contributed by atoms with Crippen LogP contribution in [0.4, 0.5) is 0 Å². The van der Waals surface area contributed by atoms with Crippen LogP contribution in [0.1, 0.15) is 110 Å². The van der Waals surface area contributed by atoms with Crippen LogP contribution >= 0.6 is 23.5 Å². The lowest BCUT2D eigenvalue weighted by atomic mass is 10.1. The molecule has 0 bridgehead atoms. The fourth-order valence-electron chi connectivity index (χ4n) is 3.54. The largest absolute Gasteiger partial charge is 0.425 e. The van der Waals surface area contributed by atoms with Crippen LogP contribution < -0.4 is 0 Å². The molecule has 35 heavy (non-hydrogen) atoms. The van der Waals surface area contributed by atoms with Gasteiger partial charge in [-0.2, -0.15) is 0 Å². The highest BCUT2D eigenvalue weighted by atomic mass is 32.2. The fourth-order valence-corrected chi connectivity index (χ4v) is 6.40. The molecule has 0 radical (unpaired) electrons. The number of carbonyl (C=O) groups is 2. The Morgan fingerprint density at radius 3 is 1.83 bits per heavy atom. The molecule has 0 spiro atoms. The smallest absolute Gasteiger partial charge is 0.308 e. The third-order valence-electron chi connectivity index (χ3n) is 5.61. The summed E-state index contributed by atoms with van der Waals surface area (Å²) >= 11 is 3.87. The Balaban J connectivity index is 2.16. The third-order valence-corrected chi connectivity index (χ3v) is 8.78. The number of ether oxygens (including phenoxy) is 2. The third kappa shape index (κ3) is 19.7. The lowest BCUT2D eigenvalue weighted by Gasteiger charge is -2.19. The first-order valence-corrected chi connectivity index (χ1v) is 15.8. The minimum Gasteiger partial charge on any atom is -0.425 e. The van der Waals surface area contributed by atoms with Gasteiger partial charge in [-0.1, -0.05) is 69.6 Å². The van der Waals surface area contributed by atoms with E-state index in [9.17, 15) is 9.59 Å². The maximum Gasteiger partial charge on any atom is 0.308 e. The number of unbranched alkanes of at least 4 members (excludes halogenated alkanes) is 6. The van der Waals surface area contributed by atoms with E-state index in [1.54, 1.807) is 0 Å². The quantitative estimate of drug-likeness (QED) is 0.0647. The summed E-state index contributed by atoms with van der Waals surface area (Å²) in [7, 11) is 0. The number of hydrogen-bond acceptors (Lipinski definition) is 6. The van der Waals surface area contributed by atoms with E-state index < -0.39 is 6.29 Å². The number of esters is 2. The van der Waals surface area contributed by atoms with E-state index in [0.717, 1.165) is 62.9 Å². The molecule has 1 saturated heterocycles. The topological polar surface area (TPSA) is 52.6 Å². The van der Waals surface area contributed by atoms with E-state index in [-0.39, 0.29) is 11.9 Å². The zero-order valence-electron chi connectivity index (χ0n) is 22.1. The van der Waals surface area contributed by atoms with Gasteiger partial charge in [0.15, 0.2) is 0 Å². The average molecular weight is 525 g/mol. The van der Waals surface area contributed by atoms with Crippen molar-refractivity contribution >= 4 is 35.5 Å². The van der Waals surface area contributed by atoms with Gasteiger partial charge < -0.3 is 9.47 Å². The Hall–Kier alpha value is -1.14. The molecule has 1 fully saturated rings. The highest BCUT2D eigenvalue weighted by Gasteiger charge is 2.23. The maximum atomic E-state index is 12.3. The second kappa shape index (κ2) is 23.3. The second-order valence-corrected chi connectivity index (χ2v) is 11.8. The standard InChI is InChI=1S/C29H48O4S2/c1-3-5-7-8-9-10-11-12-13-14-15-16-17-18-19-21-27(31)33-28(32-26(30)20-6-4-2)22-23-29-34-24-25-35-29/h9-10,12-13,15-16,28-29H,3-8,11,14,17-25H2,1-2H3/b10-9-,13-12-,16-15-. The Labute approximate surface area is 223 Å². The minimum absolute atomic E-state index is 0.264. The fraction of sp³-hybridized carbons (Fsp3) is 0.724. The highest BCUT2D eigenvalue weighted by Crippen LogP contribution is 2.35. The molecule has 0 N–H and O–H groups in total. The summed E-state index contributed by atoms with van der Waals surface area (Å²) in [6.45, 7) is 4.27. The average Bonchev–Trinajstić information content (AvgIpc) is 3.37. The van der Waals surface area contributed by atoms with Crippen LogP contribution in [0.5, 0.6) is 0 Å². The van der Waals surface area contributed by atoms with Crippen molar-refractivity contribution in [3.8, 4) is 0 Å². The summed E-state index contributed by atoms with van der Waals surface area (Å²) in [6.07, 6.45) is 26.3. The van der Waals surface area contributed by atoms with Crippen LogP contribution in [-0.4, -0.2) is 34.3 Å². The van der Waals surface area contributed by atoms with Crippen LogP contribution in [0.15, 0.2) is 36.5 Å². The molecule has 0 aromatic heterocycles. The SMILES string of the molecule is CCCCC/C=C\C/C=C\C/C=C\CCCCC(=O)OC(CCC1SCCS1)OC(=O)CCCC. The second-order valence-electron chi connectivity index (χ2n) is 8.89. The summed E-state index contributed by atoms with van der Waals surface area (Å²) < 4.78 is 11.5. The van der Waals surface area contributed by atoms with Crippen LogP contribution in [-0.2, 0) is 19.1 Å². The first-order valence-electron chi connectivity index (χ1n) is 13.7. The van der Waals surface area contributed by atoms with Gasteiger partial charge >= 0.3 is 11.9 Å². The molecule has 1 rings (SSSR count).